The molecule has 1 aromatic rings. The van der Waals surface area contributed by atoms with E-state index in [0.717, 1.165) is 0 Å². The Morgan fingerprint density at radius 2 is 2.06 bits per heavy atom. The van der Waals surface area contributed by atoms with Crippen LogP contribution in [0.4, 0.5) is 5.69 Å². The van der Waals surface area contributed by atoms with Gasteiger partial charge < -0.3 is 10.1 Å². The van der Waals surface area contributed by atoms with E-state index < -0.39 is 12.0 Å². The lowest BCUT2D eigenvalue weighted by Crippen LogP contribution is -2.27. The lowest BCUT2D eigenvalue weighted by atomic mass is 10.1. The summed E-state index contributed by atoms with van der Waals surface area (Å²) in [5.41, 5.74) is 1.08. The van der Waals surface area contributed by atoms with E-state index in [2.05, 4.69) is 10.1 Å². The van der Waals surface area contributed by atoms with Gasteiger partial charge in [0, 0.05) is 5.56 Å². The van der Waals surface area contributed by atoms with E-state index in [1.54, 1.807) is 25.1 Å². The Balaban J connectivity index is 2.93. The van der Waals surface area contributed by atoms with Crippen molar-refractivity contribution in [1.82, 2.24) is 0 Å². The molecule has 1 rings (SSSR count). The Bertz CT molecular complexity index is 445. The number of carbonyl (C=O) groups is 2. The van der Waals surface area contributed by atoms with Gasteiger partial charge in [-0.2, -0.15) is 0 Å². The highest BCUT2D eigenvalue weighted by Crippen LogP contribution is 2.24. The van der Waals surface area contributed by atoms with Gasteiger partial charge in [0.2, 0.25) is 0 Å². The number of ether oxygens (including phenoxy) is 1. The minimum absolute atomic E-state index is 0.0598. The van der Waals surface area contributed by atoms with E-state index >= 15 is 0 Å². The van der Waals surface area contributed by atoms with E-state index in [4.69, 9.17) is 11.6 Å². The summed E-state index contributed by atoms with van der Waals surface area (Å²) in [6, 6.07) is 4.34. The molecule has 0 fully saturated rings. The molecule has 0 saturated heterocycles. The molecule has 5 heteroatoms. The second-order valence-electron chi connectivity index (χ2n) is 3.64. The summed E-state index contributed by atoms with van der Waals surface area (Å²) in [5, 5.41) is 3.35. The molecule has 1 aromatic carbocycles. The van der Waals surface area contributed by atoms with E-state index in [1.165, 1.54) is 14.0 Å². The third-order valence-electron chi connectivity index (χ3n) is 2.30. The Morgan fingerprint density at radius 3 is 2.59 bits per heavy atom. The number of benzene rings is 1. The molecule has 0 aliphatic carbocycles. The molecule has 4 nitrogen and oxygen atoms in total. The number of methoxy groups -OCH3 is 1. The number of rotatable bonds is 4. The SMILES string of the molecule is COC(=O)C(C)Nc1cc(C(C)=O)ccc1Cl. The Labute approximate surface area is 105 Å². The molecule has 0 aromatic heterocycles. The molecule has 0 amide bonds. The summed E-state index contributed by atoms with van der Waals surface area (Å²) in [5.74, 6) is -0.454. The number of nitrogens with one attached hydrogen (secondary N) is 1. The van der Waals surface area contributed by atoms with Gasteiger partial charge in [-0.25, -0.2) is 4.79 Å². The topological polar surface area (TPSA) is 55.4 Å². The van der Waals surface area contributed by atoms with Crippen LogP contribution >= 0.6 is 11.6 Å². The number of hydrogen-bond donors (Lipinski definition) is 1. The summed E-state index contributed by atoms with van der Waals surface area (Å²) < 4.78 is 4.59. The van der Waals surface area contributed by atoms with Gasteiger partial charge in [-0.15, -0.1) is 0 Å². The monoisotopic (exact) mass is 255 g/mol. The first-order valence-electron chi connectivity index (χ1n) is 5.10. The number of halogens is 1. The quantitative estimate of drug-likeness (QED) is 0.664. The van der Waals surface area contributed by atoms with Gasteiger partial charge in [0.15, 0.2) is 5.78 Å². The fourth-order valence-corrected chi connectivity index (χ4v) is 1.50. The fourth-order valence-electron chi connectivity index (χ4n) is 1.32. The van der Waals surface area contributed by atoms with Gasteiger partial charge >= 0.3 is 5.97 Å². The molecule has 0 saturated carbocycles. The third kappa shape index (κ3) is 3.46. The molecular formula is C12H14ClNO3. The van der Waals surface area contributed by atoms with Crippen LogP contribution in [0.5, 0.6) is 0 Å². The summed E-state index contributed by atoms with van der Waals surface area (Å²) in [6.07, 6.45) is 0. The molecule has 1 N–H and O–H groups in total. The first-order chi connectivity index (χ1) is 7.95. The van der Waals surface area contributed by atoms with Crippen molar-refractivity contribution in [2.75, 3.05) is 12.4 Å². The van der Waals surface area contributed by atoms with Crippen LogP contribution < -0.4 is 5.32 Å². The van der Waals surface area contributed by atoms with Crippen LogP contribution in [0.25, 0.3) is 0 Å². The third-order valence-corrected chi connectivity index (χ3v) is 2.63. The maximum Gasteiger partial charge on any atom is 0.327 e. The van der Waals surface area contributed by atoms with Crippen LogP contribution in [0.3, 0.4) is 0 Å². The molecular weight excluding hydrogens is 242 g/mol. The molecule has 17 heavy (non-hydrogen) atoms. The van der Waals surface area contributed by atoms with E-state index in [9.17, 15) is 9.59 Å². The van der Waals surface area contributed by atoms with Gasteiger partial charge in [0.25, 0.3) is 0 Å². The summed E-state index contributed by atoms with van der Waals surface area (Å²) >= 11 is 5.97. The summed E-state index contributed by atoms with van der Waals surface area (Å²) in [7, 11) is 1.31. The average Bonchev–Trinajstić information content (AvgIpc) is 2.30. The molecule has 0 aliphatic heterocycles. The highest BCUT2D eigenvalue weighted by atomic mass is 35.5. The molecule has 1 atom stereocenters. The van der Waals surface area contributed by atoms with Crippen LogP contribution in [0, 0.1) is 0 Å². The number of esters is 1. The zero-order valence-electron chi connectivity index (χ0n) is 9.91. The van der Waals surface area contributed by atoms with Crippen molar-refractivity contribution in [3.05, 3.63) is 28.8 Å². The van der Waals surface area contributed by atoms with E-state index in [-0.39, 0.29) is 5.78 Å². The number of hydrogen-bond acceptors (Lipinski definition) is 4. The van der Waals surface area contributed by atoms with Crippen LogP contribution in [-0.4, -0.2) is 24.9 Å². The molecule has 1 unspecified atom stereocenters. The van der Waals surface area contributed by atoms with Crippen LogP contribution in [-0.2, 0) is 9.53 Å². The number of anilines is 1. The molecule has 92 valence electrons. The highest BCUT2D eigenvalue weighted by Gasteiger charge is 2.14. The second-order valence-corrected chi connectivity index (χ2v) is 4.05. The van der Waals surface area contributed by atoms with Crippen LogP contribution in [0.2, 0.25) is 5.02 Å². The Kier molecular flexibility index (Phi) is 4.52. The number of carbonyl (C=O) groups excluding carboxylic acids is 2. The van der Waals surface area contributed by atoms with Gasteiger partial charge in [-0.05, 0) is 32.0 Å². The van der Waals surface area contributed by atoms with E-state index in [1.807, 2.05) is 0 Å². The highest BCUT2D eigenvalue weighted by molar-refractivity contribution is 6.33. The predicted molar refractivity (Wildman–Crippen MR) is 66.6 cm³/mol. The van der Waals surface area contributed by atoms with Gasteiger partial charge in [0.1, 0.15) is 6.04 Å². The average molecular weight is 256 g/mol. The van der Waals surface area contributed by atoms with Crippen molar-refractivity contribution in [3.63, 3.8) is 0 Å². The van der Waals surface area contributed by atoms with Crippen molar-refractivity contribution < 1.29 is 14.3 Å². The summed E-state index contributed by atoms with van der Waals surface area (Å²) in [4.78, 5) is 22.5. The van der Waals surface area contributed by atoms with Crippen molar-refractivity contribution in [2.24, 2.45) is 0 Å². The summed E-state index contributed by atoms with van der Waals surface area (Å²) in [6.45, 7) is 3.12. The van der Waals surface area contributed by atoms with Crippen LogP contribution in [0.15, 0.2) is 18.2 Å². The van der Waals surface area contributed by atoms with Crippen molar-refractivity contribution in [1.29, 1.82) is 0 Å². The predicted octanol–water partition coefficient (Wildman–Crippen LogP) is 2.52. The number of ketones is 1. The fraction of sp³-hybridized carbons (Fsp3) is 0.333. The van der Waals surface area contributed by atoms with Gasteiger partial charge in [0.05, 0.1) is 17.8 Å². The van der Waals surface area contributed by atoms with Crippen molar-refractivity contribution in [3.8, 4) is 0 Å². The van der Waals surface area contributed by atoms with Gasteiger partial charge in [-0.1, -0.05) is 11.6 Å². The minimum atomic E-state index is -0.528. The maximum atomic E-state index is 11.3. The Hall–Kier alpha value is -1.55. The Morgan fingerprint density at radius 1 is 1.41 bits per heavy atom. The zero-order valence-corrected chi connectivity index (χ0v) is 10.7. The molecule has 0 heterocycles. The zero-order chi connectivity index (χ0) is 13.0. The lowest BCUT2D eigenvalue weighted by Gasteiger charge is -2.14. The first kappa shape index (κ1) is 13.5. The normalized spacial score (nSPS) is 11.8. The van der Waals surface area contributed by atoms with Crippen LogP contribution in [0.1, 0.15) is 24.2 Å². The molecule has 0 radical (unpaired) electrons. The minimum Gasteiger partial charge on any atom is -0.467 e. The van der Waals surface area contributed by atoms with Gasteiger partial charge in [-0.3, -0.25) is 4.79 Å². The molecule has 0 bridgehead atoms. The van der Waals surface area contributed by atoms with Crippen molar-refractivity contribution in [2.45, 2.75) is 19.9 Å². The van der Waals surface area contributed by atoms with Crippen molar-refractivity contribution >= 4 is 29.0 Å². The number of Topliss-reactive ketones (excluding diaryl/α,β-unsaturated/α-hetero) is 1. The first-order valence-corrected chi connectivity index (χ1v) is 5.48. The molecule has 0 aliphatic rings. The second kappa shape index (κ2) is 5.68. The molecule has 0 spiro atoms. The van der Waals surface area contributed by atoms with E-state index in [0.29, 0.717) is 16.3 Å². The largest absolute Gasteiger partial charge is 0.467 e. The lowest BCUT2D eigenvalue weighted by molar-refractivity contribution is -0.141. The standard InChI is InChI=1S/C12H14ClNO3/c1-7(12(16)17-3)14-11-6-9(8(2)15)4-5-10(11)13/h4-7,14H,1-3H3. The smallest absolute Gasteiger partial charge is 0.327 e. The maximum absolute atomic E-state index is 11.3.